The van der Waals surface area contributed by atoms with Crippen molar-refractivity contribution >= 4 is 33.5 Å². The number of rotatable bonds is 5. The Morgan fingerprint density at radius 3 is 2.71 bits per heavy atom. The van der Waals surface area contributed by atoms with Crippen molar-refractivity contribution < 1.29 is 18.0 Å². The summed E-state index contributed by atoms with van der Waals surface area (Å²) in [6, 6.07) is 10.4. The number of Topliss-reactive ketones (excluding diaryl/α,β-unsaturated/α-hetero) is 1. The molecule has 0 atom stereocenters. The maximum Gasteiger partial charge on any atom is 0.277 e. The second kappa shape index (κ2) is 7.23. The van der Waals surface area contributed by atoms with Gasteiger partial charge in [-0.05, 0) is 36.4 Å². The molecule has 2 aromatic carbocycles. The molecular formula is C16H9BrF2N2O2S. The lowest BCUT2D eigenvalue weighted by atomic mass is 10.1. The van der Waals surface area contributed by atoms with E-state index in [1.165, 1.54) is 6.07 Å². The Hall–Kier alpha value is -2.06. The molecule has 0 aliphatic carbocycles. The molecule has 0 saturated carbocycles. The largest absolute Gasteiger partial charge is 0.411 e. The van der Waals surface area contributed by atoms with Crippen LogP contribution in [0.15, 0.2) is 56.6 Å². The first kappa shape index (κ1) is 16.8. The molecule has 3 rings (SSSR count). The molecule has 3 aromatic rings. The predicted molar refractivity (Wildman–Crippen MR) is 88.8 cm³/mol. The minimum Gasteiger partial charge on any atom is -0.411 e. The van der Waals surface area contributed by atoms with Gasteiger partial charge in [0.15, 0.2) is 17.4 Å². The van der Waals surface area contributed by atoms with Crippen LogP contribution >= 0.6 is 27.7 Å². The van der Waals surface area contributed by atoms with Crippen molar-refractivity contribution in [1.29, 1.82) is 0 Å². The van der Waals surface area contributed by atoms with Crippen molar-refractivity contribution in [3.8, 4) is 11.5 Å². The highest BCUT2D eigenvalue weighted by atomic mass is 79.9. The Bertz CT molecular complexity index is 901. The number of hydrogen-bond acceptors (Lipinski definition) is 5. The minimum atomic E-state index is -1.06. The van der Waals surface area contributed by atoms with Gasteiger partial charge in [0.2, 0.25) is 5.89 Å². The van der Waals surface area contributed by atoms with E-state index < -0.39 is 11.6 Å². The highest BCUT2D eigenvalue weighted by molar-refractivity contribution is 9.10. The van der Waals surface area contributed by atoms with Gasteiger partial charge in [-0.25, -0.2) is 8.78 Å². The molecule has 0 radical (unpaired) electrons. The lowest BCUT2D eigenvalue weighted by molar-refractivity contribution is 0.102. The fourth-order valence-electron chi connectivity index (χ4n) is 1.89. The standard InChI is InChI=1S/C16H9BrF2N2O2S/c17-11-3-1-2-10(6-11)15-20-21-16(23-15)24-8-14(22)9-4-5-12(18)13(19)7-9/h1-7H,8H2. The fourth-order valence-corrected chi connectivity index (χ4v) is 2.94. The Morgan fingerprint density at radius 2 is 1.96 bits per heavy atom. The van der Waals surface area contributed by atoms with E-state index in [0.717, 1.165) is 33.9 Å². The molecule has 0 aliphatic rings. The SMILES string of the molecule is O=C(CSc1nnc(-c2cccc(Br)c2)o1)c1ccc(F)c(F)c1. The topological polar surface area (TPSA) is 56.0 Å². The van der Waals surface area contributed by atoms with E-state index in [1.54, 1.807) is 0 Å². The normalized spacial score (nSPS) is 10.8. The summed E-state index contributed by atoms with van der Waals surface area (Å²) in [5, 5.41) is 8.01. The van der Waals surface area contributed by atoms with Gasteiger partial charge in [0.1, 0.15) is 0 Å². The number of hydrogen-bond donors (Lipinski definition) is 0. The molecular weight excluding hydrogens is 402 g/mol. The monoisotopic (exact) mass is 410 g/mol. The molecule has 122 valence electrons. The Kier molecular flexibility index (Phi) is 5.06. The van der Waals surface area contributed by atoms with E-state index in [-0.39, 0.29) is 22.3 Å². The van der Waals surface area contributed by atoms with Crippen LogP contribution < -0.4 is 0 Å². The van der Waals surface area contributed by atoms with E-state index in [4.69, 9.17) is 4.42 Å². The van der Waals surface area contributed by atoms with Gasteiger partial charge >= 0.3 is 0 Å². The van der Waals surface area contributed by atoms with Crippen LogP contribution in [0.25, 0.3) is 11.5 Å². The van der Waals surface area contributed by atoms with Crippen LogP contribution in [0.1, 0.15) is 10.4 Å². The second-order valence-corrected chi connectivity index (χ2v) is 6.57. The summed E-state index contributed by atoms with van der Waals surface area (Å²) in [4.78, 5) is 12.0. The maximum atomic E-state index is 13.1. The van der Waals surface area contributed by atoms with Crippen LogP contribution in [-0.4, -0.2) is 21.7 Å². The predicted octanol–water partition coefficient (Wildman–Crippen LogP) is 4.75. The van der Waals surface area contributed by atoms with E-state index in [2.05, 4.69) is 26.1 Å². The average molecular weight is 411 g/mol. The summed E-state index contributed by atoms with van der Waals surface area (Å²) in [5.41, 5.74) is 0.837. The van der Waals surface area contributed by atoms with Crippen molar-refractivity contribution in [1.82, 2.24) is 10.2 Å². The van der Waals surface area contributed by atoms with Gasteiger partial charge in [-0.15, -0.1) is 10.2 Å². The Labute approximate surface area is 148 Å². The molecule has 0 bridgehead atoms. The van der Waals surface area contributed by atoms with Crippen molar-refractivity contribution in [2.45, 2.75) is 5.22 Å². The molecule has 0 spiro atoms. The van der Waals surface area contributed by atoms with Crippen LogP contribution in [0, 0.1) is 11.6 Å². The van der Waals surface area contributed by atoms with Crippen LogP contribution in [0.4, 0.5) is 8.78 Å². The quantitative estimate of drug-likeness (QED) is 0.448. The molecule has 8 heteroatoms. The lowest BCUT2D eigenvalue weighted by Gasteiger charge is -2.00. The maximum absolute atomic E-state index is 13.1. The summed E-state index contributed by atoms with van der Waals surface area (Å²) in [7, 11) is 0. The van der Waals surface area contributed by atoms with Gasteiger partial charge in [0.05, 0.1) is 5.75 Å². The summed E-state index contributed by atoms with van der Waals surface area (Å²) >= 11 is 4.39. The molecule has 1 heterocycles. The van der Waals surface area contributed by atoms with Gasteiger partial charge < -0.3 is 4.42 Å². The molecule has 0 amide bonds. The fraction of sp³-hybridized carbons (Fsp3) is 0.0625. The molecule has 0 aliphatic heterocycles. The van der Waals surface area contributed by atoms with E-state index in [0.29, 0.717) is 5.89 Å². The highest BCUT2D eigenvalue weighted by Crippen LogP contribution is 2.25. The molecule has 24 heavy (non-hydrogen) atoms. The first-order valence-corrected chi connectivity index (χ1v) is 8.51. The zero-order valence-corrected chi connectivity index (χ0v) is 14.4. The number of nitrogens with zero attached hydrogens (tertiary/aromatic N) is 2. The molecule has 0 N–H and O–H groups in total. The number of ketones is 1. The molecule has 0 saturated heterocycles. The third kappa shape index (κ3) is 3.88. The summed E-state index contributed by atoms with van der Waals surface area (Å²) < 4.78 is 32.4. The molecule has 0 fully saturated rings. The van der Waals surface area contributed by atoms with Gasteiger partial charge in [-0.2, -0.15) is 0 Å². The molecule has 0 unspecified atom stereocenters. The van der Waals surface area contributed by atoms with Gasteiger partial charge in [-0.3, -0.25) is 4.79 Å². The van der Waals surface area contributed by atoms with Crippen molar-refractivity contribution in [2.75, 3.05) is 5.75 Å². The smallest absolute Gasteiger partial charge is 0.277 e. The first-order chi connectivity index (χ1) is 11.5. The zero-order valence-electron chi connectivity index (χ0n) is 12.0. The average Bonchev–Trinajstić information content (AvgIpc) is 3.04. The highest BCUT2D eigenvalue weighted by Gasteiger charge is 2.14. The number of carbonyl (C=O) groups excluding carboxylic acids is 1. The Morgan fingerprint density at radius 1 is 1.12 bits per heavy atom. The Balaban J connectivity index is 1.67. The van der Waals surface area contributed by atoms with E-state index >= 15 is 0 Å². The van der Waals surface area contributed by atoms with Gasteiger partial charge in [-0.1, -0.05) is 33.8 Å². The van der Waals surface area contributed by atoms with Crippen LogP contribution in [-0.2, 0) is 0 Å². The second-order valence-electron chi connectivity index (χ2n) is 4.72. The van der Waals surface area contributed by atoms with Gasteiger partial charge in [0.25, 0.3) is 5.22 Å². The summed E-state index contributed by atoms with van der Waals surface area (Å²) in [6.45, 7) is 0. The molecule has 1 aromatic heterocycles. The molecule has 4 nitrogen and oxygen atoms in total. The minimum absolute atomic E-state index is 0.0226. The lowest BCUT2D eigenvalue weighted by Crippen LogP contribution is -2.03. The number of thioether (sulfide) groups is 1. The van der Waals surface area contributed by atoms with E-state index in [9.17, 15) is 13.6 Å². The van der Waals surface area contributed by atoms with Crippen molar-refractivity contribution in [3.63, 3.8) is 0 Å². The zero-order chi connectivity index (χ0) is 17.1. The van der Waals surface area contributed by atoms with E-state index in [1.807, 2.05) is 24.3 Å². The van der Waals surface area contributed by atoms with Crippen LogP contribution in [0.5, 0.6) is 0 Å². The number of halogens is 3. The number of carbonyl (C=O) groups is 1. The first-order valence-electron chi connectivity index (χ1n) is 6.73. The third-order valence-electron chi connectivity index (χ3n) is 3.05. The van der Waals surface area contributed by atoms with Gasteiger partial charge in [0, 0.05) is 15.6 Å². The summed E-state index contributed by atoms with van der Waals surface area (Å²) in [6.07, 6.45) is 0. The van der Waals surface area contributed by atoms with Crippen LogP contribution in [0.2, 0.25) is 0 Å². The van der Waals surface area contributed by atoms with Crippen LogP contribution in [0.3, 0.4) is 0 Å². The summed E-state index contributed by atoms with van der Waals surface area (Å²) in [5.74, 6) is -2.10. The van der Waals surface area contributed by atoms with Crippen molar-refractivity contribution in [3.05, 3.63) is 64.1 Å². The number of benzene rings is 2. The number of aromatic nitrogens is 2. The van der Waals surface area contributed by atoms with Crippen molar-refractivity contribution in [2.24, 2.45) is 0 Å². The third-order valence-corrected chi connectivity index (χ3v) is 4.36.